The van der Waals surface area contributed by atoms with E-state index in [0.717, 1.165) is 18.0 Å². The number of hydrogen-bond donors (Lipinski definition) is 1. The predicted octanol–water partition coefficient (Wildman–Crippen LogP) is 2.84. The summed E-state index contributed by atoms with van der Waals surface area (Å²) in [5, 5.41) is 0. The zero-order valence-electron chi connectivity index (χ0n) is 9.81. The Kier molecular flexibility index (Phi) is 4.28. The minimum atomic E-state index is 0.0654. The highest BCUT2D eigenvalue weighted by atomic mass is 14.8. The molecule has 0 saturated heterocycles. The SMILES string of the molecule is NC(CCC1CCCCC1)c1cnccn1. The molecular weight excluding hydrogens is 198 g/mol. The molecule has 1 saturated carbocycles. The molecule has 1 unspecified atom stereocenters. The number of rotatable bonds is 4. The fraction of sp³-hybridized carbons (Fsp3) is 0.692. The van der Waals surface area contributed by atoms with Crippen molar-refractivity contribution in [3.8, 4) is 0 Å². The molecule has 16 heavy (non-hydrogen) atoms. The maximum atomic E-state index is 6.11. The lowest BCUT2D eigenvalue weighted by Crippen LogP contribution is -2.15. The van der Waals surface area contributed by atoms with Gasteiger partial charge in [0.2, 0.25) is 0 Å². The van der Waals surface area contributed by atoms with E-state index < -0.39 is 0 Å². The molecule has 1 aliphatic rings. The normalized spacial score (nSPS) is 19.6. The van der Waals surface area contributed by atoms with Gasteiger partial charge in [0.25, 0.3) is 0 Å². The van der Waals surface area contributed by atoms with Gasteiger partial charge in [0.05, 0.1) is 5.69 Å². The number of nitrogens with two attached hydrogens (primary N) is 1. The maximum Gasteiger partial charge on any atom is 0.0753 e. The first-order valence-electron chi connectivity index (χ1n) is 6.38. The van der Waals surface area contributed by atoms with Gasteiger partial charge in [-0.15, -0.1) is 0 Å². The molecule has 1 aromatic heterocycles. The summed E-state index contributed by atoms with van der Waals surface area (Å²) in [5.41, 5.74) is 7.04. The average Bonchev–Trinajstić information content (AvgIpc) is 2.38. The summed E-state index contributed by atoms with van der Waals surface area (Å²) in [4.78, 5) is 8.31. The lowest BCUT2D eigenvalue weighted by atomic mass is 9.85. The van der Waals surface area contributed by atoms with Crippen molar-refractivity contribution >= 4 is 0 Å². The summed E-state index contributed by atoms with van der Waals surface area (Å²) in [7, 11) is 0. The van der Waals surface area contributed by atoms with Crippen LogP contribution >= 0.6 is 0 Å². The lowest BCUT2D eigenvalue weighted by molar-refractivity contribution is 0.323. The molecule has 1 atom stereocenters. The van der Waals surface area contributed by atoms with E-state index in [4.69, 9.17) is 5.73 Å². The largest absolute Gasteiger partial charge is 0.323 e. The van der Waals surface area contributed by atoms with Crippen LogP contribution in [0.15, 0.2) is 18.6 Å². The van der Waals surface area contributed by atoms with Gasteiger partial charge in [0.15, 0.2) is 0 Å². The van der Waals surface area contributed by atoms with Crippen LogP contribution in [0, 0.1) is 5.92 Å². The molecule has 0 amide bonds. The molecule has 3 nitrogen and oxygen atoms in total. The van der Waals surface area contributed by atoms with E-state index in [0.29, 0.717) is 0 Å². The molecule has 1 aromatic rings. The molecule has 88 valence electrons. The highest BCUT2D eigenvalue weighted by molar-refractivity contribution is 5.00. The van der Waals surface area contributed by atoms with Crippen LogP contribution in [0.5, 0.6) is 0 Å². The van der Waals surface area contributed by atoms with Gasteiger partial charge in [0.1, 0.15) is 0 Å². The van der Waals surface area contributed by atoms with Crippen molar-refractivity contribution in [2.24, 2.45) is 11.7 Å². The molecule has 1 aliphatic carbocycles. The van der Waals surface area contributed by atoms with Crippen molar-refractivity contribution in [1.29, 1.82) is 0 Å². The first kappa shape index (κ1) is 11.5. The number of nitrogens with zero attached hydrogens (tertiary/aromatic N) is 2. The molecule has 0 radical (unpaired) electrons. The van der Waals surface area contributed by atoms with Gasteiger partial charge in [-0.05, 0) is 18.8 Å². The minimum Gasteiger partial charge on any atom is -0.323 e. The topological polar surface area (TPSA) is 51.8 Å². The number of aromatic nitrogens is 2. The Labute approximate surface area is 97.5 Å². The van der Waals surface area contributed by atoms with Gasteiger partial charge in [-0.2, -0.15) is 0 Å². The zero-order chi connectivity index (χ0) is 11.2. The third-order valence-electron chi connectivity index (χ3n) is 3.57. The molecule has 0 spiro atoms. The molecule has 0 bridgehead atoms. The van der Waals surface area contributed by atoms with Crippen LogP contribution in [-0.2, 0) is 0 Å². The van der Waals surface area contributed by atoms with Gasteiger partial charge in [-0.3, -0.25) is 9.97 Å². The quantitative estimate of drug-likeness (QED) is 0.847. The summed E-state index contributed by atoms with van der Waals surface area (Å²) in [5.74, 6) is 0.900. The second-order valence-corrected chi connectivity index (χ2v) is 4.82. The van der Waals surface area contributed by atoms with E-state index >= 15 is 0 Å². The molecule has 2 N–H and O–H groups in total. The van der Waals surface area contributed by atoms with Crippen molar-refractivity contribution in [2.45, 2.75) is 51.0 Å². The van der Waals surface area contributed by atoms with Crippen molar-refractivity contribution in [3.63, 3.8) is 0 Å². The highest BCUT2D eigenvalue weighted by Crippen LogP contribution is 2.29. The maximum absolute atomic E-state index is 6.11. The van der Waals surface area contributed by atoms with E-state index in [9.17, 15) is 0 Å². The molecule has 3 heteroatoms. The van der Waals surface area contributed by atoms with Gasteiger partial charge < -0.3 is 5.73 Å². The third kappa shape index (κ3) is 3.27. The molecule has 1 heterocycles. The Hall–Kier alpha value is -0.960. The second-order valence-electron chi connectivity index (χ2n) is 4.82. The molecule has 2 rings (SSSR count). The molecule has 1 fully saturated rings. The summed E-state index contributed by atoms with van der Waals surface area (Å²) in [6, 6.07) is 0.0654. The Morgan fingerprint density at radius 2 is 2.06 bits per heavy atom. The standard InChI is InChI=1S/C13H21N3/c14-12(13-10-15-8-9-16-13)7-6-11-4-2-1-3-5-11/h8-12H,1-7,14H2. The van der Waals surface area contributed by atoms with Gasteiger partial charge in [-0.1, -0.05) is 32.1 Å². The summed E-state index contributed by atoms with van der Waals surface area (Å²) in [6.45, 7) is 0. The van der Waals surface area contributed by atoms with Crippen LogP contribution in [0.25, 0.3) is 0 Å². The van der Waals surface area contributed by atoms with Crippen LogP contribution in [0.3, 0.4) is 0 Å². The summed E-state index contributed by atoms with van der Waals surface area (Å²) < 4.78 is 0. The first-order valence-corrected chi connectivity index (χ1v) is 6.38. The fourth-order valence-electron chi connectivity index (χ4n) is 2.54. The van der Waals surface area contributed by atoms with E-state index in [1.807, 2.05) is 0 Å². The van der Waals surface area contributed by atoms with Gasteiger partial charge in [-0.25, -0.2) is 0 Å². The van der Waals surface area contributed by atoms with E-state index in [2.05, 4.69) is 9.97 Å². The van der Waals surface area contributed by atoms with Crippen LogP contribution in [-0.4, -0.2) is 9.97 Å². The average molecular weight is 219 g/mol. The van der Waals surface area contributed by atoms with Gasteiger partial charge >= 0.3 is 0 Å². The Morgan fingerprint density at radius 1 is 1.25 bits per heavy atom. The van der Waals surface area contributed by atoms with E-state index in [1.165, 1.54) is 38.5 Å². The van der Waals surface area contributed by atoms with Gasteiger partial charge in [0, 0.05) is 24.6 Å². The minimum absolute atomic E-state index is 0.0654. The molecule has 0 aromatic carbocycles. The zero-order valence-corrected chi connectivity index (χ0v) is 9.81. The fourth-order valence-corrected chi connectivity index (χ4v) is 2.54. The molecule has 0 aliphatic heterocycles. The Bertz CT molecular complexity index is 293. The first-order chi connectivity index (χ1) is 7.86. The van der Waals surface area contributed by atoms with E-state index in [1.54, 1.807) is 18.6 Å². The summed E-state index contributed by atoms with van der Waals surface area (Å²) >= 11 is 0. The smallest absolute Gasteiger partial charge is 0.0753 e. The van der Waals surface area contributed by atoms with E-state index in [-0.39, 0.29) is 6.04 Å². The number of hydrogen-bond acceptors (Lipinski definition) is 3. The summed E-state index contributed by atoms with van der Waals surface area (Å²) in [6.07, 6.45) is 14.5. The van der Waals surface area contributed by atoms with Crippen molar-refractivity contribution in [2.75, 3.05) is 0 Å². The van der Waals surface area contributed by atoms with Crippen LogP contribution in [0.1, 0.15) is 56.7 Å². The third-order valence-corrected chi connectivity index (χ3v) is 3.57. The van der Waals surface area contributed by atoms with Crippen LogP contribution < -0.4 is 5.73 Å². The molecular formula is C13H21N3. The van der Waals surface area contributed by atoms with Crippen LogP contribution in [0.4, 0.5) is 0 Å². The van der Waals surface area contributed by atoms with Crippen molar-refractivity contribution in [1.82, 2.24) is 9.97 Å². The lowest BCUT2D eigenvalue weighted by Gasteiger charge is -2.22. The van der Waals surface area contributed by atoms with Crippen molar-refractivity contribution < 1.29 is 0 Å². The Morgan fingerprint density at radius 3 is 2.75 bits per heavy atom. The second kappa shape index (κ2) is 5.94. The highest BCUT2D eigenvalue weighted by Gasteiger charge is 2.15. The van der Waals surface area contributed by atoms with Crippen LogP contribution in [0.2, 0.25) is 0 Å². The predicted molar refractivity (Wildman–Crippen MR) is 64.8 cm³/mol. The Balaban J connectivity index is 1.77. The van der Waals surface area contributed by atoms with Crippen molar-refractivity contribution in [3.05, 3.63) is 24.3 Å². The monoisotopic (exact) mass is 219 g/mol.